The number of nitrogens with zero attached hydrogens (tertiary/aromatic N) is 1. The fraction of sp³-hybridized carbons (Fsp3) is 0.536. The van der Waals surface area contributed by atoms with Crippen LogP contribution in [0.2, 0.25) is 0 Å². The maximum atomic E-state index is 13.1. The number of carboxylic acids is 2. The number of carbonyl (C=O) groups excluding carboxylic acids is 1. The third-order valence-corrected chi connectivity index (χ3v) is 7.24. The molecule has 0 aromatic heterocycles. The Bertz CT molecular complexity index is 1130. The van der Waals surface area contributed by atoms with Crippen molar-refractivity contribution < 1.29 is 39.5 Å². The van der Waals surface area contributed by atoms with Gasteiger partial charge in [0.2, 0.25) is 0 Å². The lowest BCUT2D eigenvalue weighted by atomic mass is 9.84. The standard InChI is InChI=1S/C28H37NO8/c1-16(2)7-5-8-17(3)9-6-12-28(4)23(31)14-19-22(30)13-18-20(25(19)37-28)15-29(26(18)34)21(27(35)36)10-11-24(32)33/h7,9,13,21,23,30-31H,5-6,8,10-12,14-15H2,1-4H3,(H,32,33)(H,35,36)/t21-,23+,28+/m0/s1. The second-order valence-electron chi connectivity index (χ2n) is 10.5. The fourth-order valence-electron chi connectivity index (χ4n) is 4.95. The molecule has 1 aromatic rings. The quantitative estimate of drug-likeness (QED) is 0.321. The summed E-state index contributed by atoms with van der Waals surface area (Å²) in [5, 5.41) is 40.2. The molecule has 0 spiro atoms. The molecule has 0 aliphatic carbocycles. The van der Waals surface area contributed by atoms with Gasteiger partial charge in [0.25, 0.3) is 5.91 Å². The zero-order chi connectivity index (χ0) is 27.5. The van der Waals surface area contributed by atoms with Crippen LogP contribution < -0.4 is 4.74 Å². The topological polar surface area (TPSA) is 145 Å². The van der Waals surface area contributed by atoms with Crippen LogP contribution in [0, 0.1) is 0 Å². The van der Waals surface area contributed by atoms with Gasteiger partial charge in [-0.1, -0.05) is 23.3 Å². The third kappa shape index (κ3) is 6.33. The molecule has 2 aliphatic rings. The predicted molar refractivity (Wildman–Crippen MR) is 137 cm³/mol. The molecule has 9 nitrogen and oxygen atoms in total. The zero-order valence-corrected chi connectivity index (χ0v) is 21.9. The molecule has 1 aromatic carbocycles. The van der Waals surface area contributed by atoms with E-state index < -0.39 is 42.0 Å². The van der Waals surface area contributed by atoms with E-state index in [1.165, 1.54) is 17.2 Å². The summed E-state index contributed by atoms with van der Waals surface area (Å²) >= 11 is 0. The number of phenols is 1. The molecule has 0 fully saturated rings. The highest BCUT2D eigenvalue weighted by Gasteiger charge is 2.45. The number of phenolic OH excluding ortho intramolecular Hbond substituents is 1. The first kappa shape index (κ1) is 28.2. The highest BCUT2D eigenvalue weighted by molar-refractivity contribution is 6.02. The minimum Gasteiger partial charge on any atom is -0.508 e. The molecule has 0 unspecified atom stereocenters. The Hall–Kier alpha value is -3.33. The summed E-state index contributed by atoms with van der Waals surface area (Å²) in [5.41, 5.74) is 2.51. The van der Waals surface area contributed by atoms with Crippen molar-refractivity contribution in [3.63, 3.8) is 0 Å². The number of rotatable bonds is 11. The van der Waals surface area contributed by atoms with E-state index in [1.807, 2.05) is 0 Å². The number of hydrogen-bond acceptors (Lipinski definition) is 6. The number of carbonyl (C=O) groups is 3. The van der Waals surface area contributed by atoms with E-state index >= 15 is 0 Å². The minimum absolute atomic E-state index is 0.0804. The number of fused-ring (bicyclic) bond motifs is 3. The number of ether oxygens (including phenoxy) is 1. The van der Waals surface area contributed by atoms with Gasteiger partial charge in [-0.15, -0.1) is 0 Å². The molecular formula is C28H37NO8. The van der Waals surface area contributed by atoms with Crippen LogP contribution in [0.15, 0.2) is 29.4 Å². The van der Waals surface area contributed by atoms with Gasteiger partial charge in [-0.25, -0.2) is 4.79 Å². The molecule has 0 bridgehead atoms. The highest BCUT2D eigenvalue weighted by Crippen LogP contribution is 2.46. The summed E-state index contributed by atoms with van der Waals surface area (Å²) in [6.07, 6.45) is 6.01. The Labute approximate surface area is 217 Å². The summed E-state index contributed by atoms with van der Waals surface area (Å²) in [5.74, 6) is -2.95. The lowest BCUT2D eigenvalue weighted by molar-refractivity contribution is -0.143. The van der Waals surface area contributed by atoms with E-state index in [1.54, 1.807) is 6.92 Å². The maximum Gasteiger partial charge on any atom is 0.326 e. The Kier molecular flexibility index (Phi) is 8.68. The van der Waals surface area contributed by atoms with Crippen LogP contribution >= 0.6 is 0 Å². The maximum absolute atomic E-state index is 13.1. The van der Waals surface area contributed by atoms with Crippen LogP contribution in [-0.2, 0) is 22.6 Å². The van der Waals surface area contributed by atoms with E-state index in [0.717, 1.165) is 17.7 Å². The van der Waals surface area contributed by atoms with Crippen molar-refractivity contribution in [2.45, 2.75) is 96.9 Å². The number of aromatic hydroxyl groups is 1. The molecule has 0 radical (unpaired) electrons. The summed E-state index contributed by atoms with van der Waals surface area (Å²) in [4.78, 5) is 37.1. The van der Waals surface area contributed by atoms with Crippen molar-refractivity contribution >= 4 is 17.8 Å². The number of benzene rings is 1. The van der Waals surface area contributed by atoms with Gasteiger partial charge >= 0.3 is 11.9 Å². The number of allylic oxidation sites excluding steroid dienone is 4. The number of amides is 1. The van der Waals surface area contributed by atoms with Gasteiger partial charge in [0.1, 0.15) is 23.1 Å². The number of aliphatic carboxylic acids is 2. The molecular weight excluding hydrogens is 478 g/mol. The Morgan fingerprint density at radius 1 is 1.16 bits per heavy atom. The molecule has 1 amide bonds. The van der Waals surface area contributed by atoms with E-state index in [-0.39, 0.29) is 30.7 Å². The summed E-state index contributed by atoms with van der Waals surface area (Å²) in [7, 11) is 0. The molecule has 4 N–H and O–H groups in total. The minimum atomic E-state index is -1.33. The van der Waals surface area contributed by atoms with Crippen molar-refractivity contribution in [2.24, 2.45) is 0 Å². The van der Waals surface area contributed by atoms with Gasteiger partial charge in [-0.3, -0.25) is 9.59 Å². The molecule has 37 heavy (non-hydrogen) atoms. The molecule has 9 heteroatoms. The Morgan fingerprint density at radius 3 is 2.49 bits per heavy atom. The summed E-state index contributed by atoms with van der Waals surface area (Å²) in [6, 6.07) is -0.0435. The van der Waals surface area contributed by atoms with Crippen molar-refractivity contribution in [1.29, 1.82) is 0 Å². The van der Waals surface area contributed by atoms with Crippen LogP contribution in [0.3, 0.4) is 0 Å². The Balaban J connectivity index is 1.83. The largest absolute Gasteiger partial charge is 0.508 e. The number of aliphatic hydroxyl groups is 1. The van der Waals surface area contributed by atoms with Crippen molar-refractivity contribution in [1.82, 2.24) is 4.90 Å². The van der Waals surface area contributed by atoms with Crippen molar-refractivity contribution in [2.75, 3.05) is 0 Å². The molecule has 3 rings (SSSR count). The van der Waals surface area contributed by atoms with Crippen LogP contribution in [0.4, 0.5) is 0 Å². The first-order valence-electron chi connectivity index (χ1n) is 12.6. The van der Waals surface area contributed by atoms with Gasteiger partial charge in [-0.05, 0) is 65.9 Å². The second-order valence-corrected chi connectivity index (χ2v) is 10.5. The monoisotopic (exact) mass is 515 g/mol. The first-order chi connectivity index (χ1) is 17.3. The van der Waals surface area contributed by atoms with Gasteiger partial charge in [0, 0.05) is 24.0 Å². The molecule has 202 valence electrons. The molecule has 3 atom stereocenters. The van der Waals surface area contributed by atoms with Crippen LogP contribution in [0.25, 0.3) is 0 Å². The zero-order valence-electron chi connectivity index (χ0n) is 21.9. The van der Waals surface area contributed by atoms with E-state index in [0.29, 0.717) is 29.7 Å². The molecule has 2 heterocycles. The van der Waals surface area contributed by atoms with E-state index in [9.17, 15) is 29.7 Å². The van der Waals surface area contributed by atoms with Crippen molar-refractivity contribution in [3.05, 3.63) is 46.1 Å². The fourth-order valence-corrected chi connectivity index (χ4v) is 4.95. The van der Waals surface area contributed by atoms with E-state index in [2.05, 4.69) is 32.9 Å². The lowest BCUT2D eigenvalue weighted by Crippen LogP contribution is -2.49. The lowest BCUT2D eigenvalue weighted by Gasteiger charge is -2.41. The summed E-state index contributed by atoms with van der Waals surface area (Å²) < 4.78 is 6.32. The SMILES string of the molecule is CC(C)=CCCC(C)=CCC[C@@]1(C)Oc2c(c(O)cc3c2CN([C@@H](CCC(=O)O)C(=O)O)C3=O)C[C@H]1O. The smallest absolute Gasteiger partial charge is 0.326 e. The van der Waals surface area contributed by atoms with Gasteiger partial charge in [0.15, 0.2) is 0 Å². The van der Waals surface area contributed by atoms with Crippen LogP contribution in [0.1, 0.15) is 87.7 Å². The molecule has 0 saturated heterocycles. The number of aliphatic hydroxyl groups excluding tert-OH is 1. The number of carboxylic acid groups (broad SMARTS) is 2. The first-order valence-corrected chi connectivity index (χ1v) is 12.6. The predicted octanol–water partition coefficient (Wildman–Crippen LogP) is 4.19. The number of hydrogen-bond donors (Lipinski definition) is 4. The third-order valence-electron chi connectivity index (χ3n) is 7.24. The van der Waals surface area contributed by atoms with Gasteiger partial charge in [-0.2, -0.15) is 0 Å². The van der Waals surface area contributed by atoms with Crippen LogP contribution in [0.5, 0.6) is 11.5 Å². The average molecular weight is 516 g/mol. The van der Waals surface area contributed by atoms with Crippen molar-refractivity contribution in [3.8, 4) is 11.5 Å². The van der Waals surface area contributed by atoms with E-state index in [4.69, 9.17) is 9.84 Å². The van der Waals surface area contributed by atoms with Gasteiger partial charge < -0.3 is 30.1 Å². The Morgan fingerprint density at radius 2 is 1.86 bits per heavy atom. The summed E-state index contributed by atoms with van der Waals surface area (Å²) in [6.45, 7) is 7.92. The van der Waals surface area contributed by atoms with Gasteiger partial charge in [0.05, 0.1) is 18.2 Å². The second kappa shape index (κ2) is 11.4. The normalized spacial score (nSPS) is 21.6. The van der Waals surface area contributed by atoms with Crippen LogP contribution in [-0.4, -0.2) is 60.9 Å². The molecule has 2 aliphatic heterocycles. The average Bonchev–Trinajstić information content (AvgIpc) is 3.11. The highest BCUT2D eigenvalue weighted by atomic mass is 16.5. The molecule has 0 saturated carbocycles.